The van der Waals surface area contributed by atoms with Gasteiger partial charge in [0.15, 0.2) is 0 Å². The van der Waals surface area contributed by atoms with Crippen molar-refractivity contribution in [2.24, 2.45) is 0 Å². The molecule has 0 bridgehead atoms. The van der Waals surface area contributed by atoms with Gasteiger partial charge in [0.25, 0.3) is 5.91 Å². The Morgan fingerprint density at radius 2 is 1.84 bits per heavy atom. The van der Waals surface area contributed by atoms with Crippen LogP contribution in [0.2, 0.25) is 0 Å². The van der Waals surface area contributed by atoms with Gasteiger partial charge in [0.05, 0.1) is 28.8 Å². The van der Waals surface area contributed by atoms with E-state index in [4.69, 9.17) is 0 Å². The number of aryl methyl sites for hydroxylation is 2. The Morgan fingerprint density at radius 1 is 1.12 bits per heavy atom. The molecule has 0 spiro atoms. The van der Waals surface area contributed by atoms with E-state index >= 15 is 0 Å². The Balaban J connectivity index is 1.81. The van der Waals surface area contributed by atoms with Crippen molar-refractivity contribution in [3.8, 4) is 5.69 Å². The van der Waals surface area contributed by atoms with Crippen molar-refractivity contribution in [3.05, 3.63) is 64.7 Å². The third-order valence-electron chi connectivity index (χ3n) is 4.46. The summed E-state index contributed by atoms with van der Waals surface area (Å²) in [7, 11) is 0. The molecule has 2 aromatic heterocycles. The molecule has 0 saturated heterocycles. The van der Waals surface area contributed by atoms with E-state index in [1.807, 2.05) is 73.6 Å². The largest absolute Gasteiger partial charge is 0.348 e. The highest BCUT2D eigenvalue weighted by Crippen LogP contribution is 2.18. The zero-order valence-corrected chi connectivity index (χ0v) is 15.1. The third-order valence-corrected chi connectivity index (χ3v) is 4.46. The number of nitrogens with one attached hydrogen (secondary N) is 1. The quantitative estimate of drug-likeness (QED) is 0.778. The lowest BCUT2D eigenvalue weighted by Crippen LogP contribution is -2.24. The van der Waals surface area contributed by atoms with Crippen molar-refractivity contribution >= 4 is 5.91 Å². The van der Waals surface area contributed by atoms with Gasteiger partial charge >= 0.3 is 0 Å². The second kappa shape index (κ2) is 6.93. The van der Waals surface area contributed by atoms with Crippen LogP contribution in [0.15, 0.2) is 36.5 Å². The number of carbonyl (C=O) groups is 1. The summed E-state index contributed by atoms with van der Waals surface area (Å²) in [4.78, 5) is 12.7. The molecule has 0 aliphatic heterocycles. The lowest BCUT2D eigenvalue weighted by molar-refractivity contribution is 0.0949. The molecule has 0 saturated carbocycles. The first-order valence-corrected chi connectivity index (χ1v) is 8.44. The average Bonchev–Trinajstić information content (AvgIpc) is 3.12. The molecule has 0 aliphatic rings. The maximum atomic E-state index is 12.7. The molecule has 3 rings (SSSR count). The van der Waals surface area contributed by atoms with Gasteiger partial charge < -0.3 is 5.32 Å². The number of hydrogen-bond acceptors (Lipinski definition) is 3. The fraction of sp³-hybridized carbons (Fsp3) is 0.316. The van der Waals surface area contributed by atoms with E-state index in [9.17, 15) is 4.79 Å². The Hall–Kier alpha value is -2.89. The molecule has 3 aromatic rings. The monoisotopic (exact) mass is 337 g/mol. The number of hydrogen-bond donors (Lipinski definition) is 1. The predicted molar refractivity (Wildman–Crippen MR) is 96.8 cm³/mol. The molecular weight excluding hydrogens is 314 g/mol. The first-order chi connectivity index (χ1) is 12.0. The van der Waals surface area contributed by atoms with Crippen LogP contribution in [-0.4, -0.2) is 25.5 Å². The minimum atomic E-state index is -0.110. The number of nitrogens with zero attached hydrogens (tertiary/aromatic N) is 4. The highest BCUT2D eigenvalue weighted by Gasteiger charge is 2.19. The van der Waals surface area contributed by atoms with Crippen LogP contribution in [-0.2, 0) is 13.1 Å². The molecule has 0 radical (unpaired) electrons. The zero-order valence-electron chi connectivity index (χ0n) is 15.1. The molecule has 0 aliphatic carbocycles. The van der Waals surface area contributed by atoms with Gasteiger partial charge in [0, 0.05) is 24.3 Å². The molecule has 25 heavy (non-hydrogen) atoms. The van der Waals surface area contributed by atoms with Crippen LogP contribution < -0.4 is 5.32 Å². The van der Waals surface area contributed by atoms with Gasteiger partial charge in [-0.15, -0.1) is 0 Å². The maximum absolute atomic E-state index is 12.7. The normalized spacial score (nSPS) is 10.9. The van der Waals surface area contributed by atoms with Gasteiger partial charge in [-0.05, 0) is 39.8 Å². The van der Waals surface area contributed by atoms with E-state index in [1.54, 1.807) is 0 Å². The molecule has 6 heteroatoms. The zero-order chi connectivity index (χ0) is 18.0. The van der Waals surface area contributed by atoms with Crippen LogP contribution in [0.4, 0.5) is 0 Å². The molecule has 6 nitrogen and oxygen atoms in total. The van der Waals surface area contributed by atoms with Gasteiger partial charge in [0.2, 0.25) is 0 Å². The van der Waals surface area contributed by atoms with Crippen molar-refractivity contribution in [2.45, 2.75) is 40.8 Å². The summed E-state index contributed by atoms with van der Waals surface area (Å²) < 4.78 is 3.73. The summed E-state index contributed by atoms with van der Waals surface area (Å²) in [5, 5.41) is 11.8. The van der Waals surface area contributed by atoms with Gasteiger partial charge in [-0.3, -0.25) is 9.48 Å². The van der Waals surface area contributed by atoms with Gasteiger partial charge in [-0.2, -0.15) is 10.2 Å². The Labute approximate surface area is 147 Å². The molecule has 1 N–H and O–H groups in total. The van der Waals surface area contributed by atoms with Crippen LogP contribution in [0.25, 0.3) is 5.69 Å². The molecule has 130 valence electrons. The number of carbonyl (C=O) groups excluding carboxylic acids is 1. The molecule has 1 amide bonds. The highest BCUT2D eigenvalue weighted by molar-refractivity contribution is 5.96. The first kappa shape index (κ1) is 17.0. The van der Waals surface area contributed by atoms with E-state index in [1.165, 1.54) is 0 Å². The van der Waals surface area contributed by atoms with Crippen LogP contribution >= 0.6 is 0 Å². The smallest absolute Gasteiger partial charge is 0.255 e. The number of rotatable bonds is 5. The molecule has 0 atom stereocenters. The van der Waals surface area contributed by atoms with E-state index in [0.717, 1.165) is 34.9 Å². The number of benzene rings is 1. The lowest BCUT2D eigenvalue weighted by Gasteiger charge is -2.07. The van der Waals surface area contributed by atoms with Crippen molar-refractivity contribution in [1.29, 1.82) is 0 Å². The summed E-state index contributed by atoms with van der Waals surface area (Å²) in [6.45, 7) is 9.13. The van der Waals surface area contributed by atoms with Crippen LogP contribution in [0.5, 0.6) is 0 Å². The maximum Gasteiger partial charge on any atom is 0.255 e. The molecular formula is C19H23N5O. The molecule has 1 aromatic carbocycles. The third kappa shape index (κ3) is 3.20. The Morgan fingerprint density at radius 3 is 2.48 bits per heavy atom. The summed E-state index contributed by atoms with van der Waals surface area (Å²) in [5.41, 5.74) is 5.24. The van der Waals surface area contributed by atoms with Crippen molar-refractivity contribution in [3.63, 3.8) is 0 Å². The summed E-state index contributed by atoms with van der Waals surface area (Å²) in [6, 6.07) is 9.83. The number of aromatic nitrogens is 4. The van der Waals surface area contributed by atoms with E-state index in [-0.39, 0.29) is 5.91 Å². The van der Waals surface area contributed by atoms with E-state index in [2.05, 4.69) is 15.5 Å². The van der Waals surface area contributed by atoms with Gasteiger partial charge in [0.1, 0.15) is 0 Å². The first-order valence-electron chi connectivity index (χ1n) is 8.44. The predicted octanol–water partition coefficient (Wildman–Crippen LogP) is 2.94. The summed E-state index contributed by atoms with van der Waals surface area (Å²) in [5.74, 6) is -0.110. The van der Waals surface area contributed by atoms with Crippen LogP contribution in [0.3, 0.4) is 0 Å². The van der Waals surface area contributed by atoms with Crippen LogP contribution in [0.1, 0.15) is 39.9 Å². The lowest BCUT2D eigenvalue weighted by atomic mass is 10.1. The van der Waals surface area contributed by atoms with Crippen molar-refractivity contribution < 1.29 is 4.79 Å². The second-order valence-electron chi connectivity index (χ2n) is 6.05. The topological polar surface area (TPSA) is 64.7 Å². The molecule has 2 heterocycles. The van der Waals surface area contributed by atoms with Gasteiger partial charge in [-0.1, -0.05) is 18.2 Å². The molecule has 0 unspecified atom stereocenters. The van der Waals surface area contributed by atoms with E-state index in [0.29, 0.717) is 12.1 Å². The van der Waals surface area contributed by atoms with Crippen LogP contribution in [0, 0.1) is 20.8 Å². The summed E-state index contributed by atoms with van der Waals surface area (Å²) in [6.07, 6.45) is 1.81. The fourth-order valence-electron chi connectivity index (χ4n) is 3.03. The van der Waals surface area contributed by atoms with Crippen molar-refractivity contribution in [2.75, 3.05) is 0 Å². The standard InChI is InChI=1S/C19H23N5O/c1-5-23-14(3)16(12-21-23)11-20-19(25)18-13(2)22-24(15(18)4)17-9-7-6-8-10-17/h6-10,12H,5,11H2,1-4H3,(H,20,25). The summed E-state index contributed by atoms with van der Waals surface area (Å²) >= 11 is 0. The van der Waals surface area contributed by atoms with E-state index < -0.39 is 0 Å². The Bertz CT molecular complexity index is 892. The van der Waals surface area contributed by atoms with Gasteiger partial charge in [-0.25, -0.2) is 4.68 Å². The minimum Gasteiger partial charge on any atom is -0.348 e. The number of amides is 1. The fourth-order valence-corrected chi connectivity index (χ4v) is 3.03. The van der Waals surface area contributed by atoms with Crippen molar-refractivity contribution in [1.82, 2.24) is 24.9 Å². The molecule has 0 fully saturated rings. The highest BCUT2D eigenvalue weighted by atomic mass is 16.1. The number of para-hydroxylation sites is 1. The minimum absolute atomic E-state index is 0.110. The average molecular weight is 337 g/mol. The Kier molecular flexibility index (Phi) is 4.70. The second-order valence-corrected chi connectivity index (χ2v) is 6.05. The SMILES string of the molecule is CCn1ncc(CNC(=O)c2c(C)nn(-c3ccccc3)c2C)c1C.